The van der Waals surface area contributed by atoms with Gasteiger partial charge in [0.15, 0.2) is 0 Å². The SMILES string of the molecule is N=CC1(CNc2cccc(-c3cc(NC4CCC(NCC(O)CF)CC4)ncc3Cl)n2)CCOCC1. The predicted molar refractivity (Wildman–Crippen MR) is 142 cm³/mol. The van der Waals surface area contributed by atoms with E-state index < -0.39 is 12.8 Å². The summed E-state index contributed by atoms with van der Waals surface area (Å²) in [7, 11) is 0. The number of aliphatic hydroxyl groups is 1. The molecule has 2 fully saturated rings. The minimum atomic E-state index is -0.932. The molecule has 196 valence electrons. The van der Waals surface area contributed by atoms with Crippen molar-refractivity contribution in [2.75, 3.05) is 43.6 Å². The highest BCUT2D eigenvalue weighted by molar-refractivity contribution is 6.33. The summed E-state index contributed by atoms with van der Waals surface area (Å²) < 4.78 is 17.9. The number of alkyl halides is 1. The van der Waals surface area contributed by atoms with Gasteiger partial charge in [0, 0.05) is 61.8 Å². The van der Waals surface area contributed by atoms with Crippen molar-refractivity contribution in [3.8, 4) is 11.3 Å². The molecule has 2 aromatic heterocycles. The van der Waals surface area contributed by atoms with Gasteiger partial charge in [0.05, 0.1) is 16.8 Å². The first kappa shape index (κ1) is 26.7. The monoisotopic (exact) mass is 518 g/mol. The third kappa shape index (κ3) is 7.12. The summed E-state index contributed by atoms with van der Waals surface area (Å²) >= 11 is 6.51. The van der Waals surface area contributed by atoms with Gasteiger partial charge in [-0.3, -0.25) is 0 Å². The molecule has 1 aliphatic carbocycles. The van der Waals surface area contributed by atoms with Crippen LogP contribution in [0.4, 0.5) is 16.0 Å². The van der Waals surface area contributed by atoms with E-state index in [1.54, 1.807) is 12.4 Å². The standard InChI is InChI=1S/C26H36ClFN6O2/c27-22-15-31-25(33-19-6-4-18(5-7-19)30-14-20(35)13-28)12-21(22)23-2-1-3-24(34-23)32-17-26(16-29)8-10-36-11-9-26/h1-3,12,15-16,18-20,29-30,35H,4-11,13-14,17H2,(H,31,33)(H,32,34). The third-order valence-corrected chi connectivity index (χ3v) is 7.50. The Labute approximate surface area is 216 Å². The number of hydrogen-bond acceptors (Lipinski definition) is 8. The van der Waals surface area contributed by atoms with E-state index in [1.165, 1.54) is 0 Å². The van der Waals surface area contributed by atoms with Gasteiger partial charge in [-0.15, -0.1) is 0 Å². The lowest BCUT2D eigenvalue weighted by molar-refractivity contribution is 0.0517. The molecule has 1 atom stereocenters. The molecular weight excluding hydrogens is 483 g/mol. The molecule has 2 aromatic rings. The average molecular weight is 519 g/mol. The van der Waals surface area contributed by atoms with Crippen LogP contribution in [0.1, 0.15) is 38.5 Å². The molecule has 1 saturated carbocycles. The van der Waals surface area contributed by atoms with Gasteiger partial charge in [0.1, 0.15) is 18.3 Å². The van der Waals surface area contributed by atoms with E-state index in [0.717, 1.165) is 61.4 Å². The van der Waals surface area contributed by atoms with Gasteiger partial charge in [0.25, 0.3) is 0 Å². The summed E-state index contributed by atoms with van der Waals surface area (Å²) in [5, 5.41) is 28.0. The van der Waals surface area contributed by atoms with E-state index in [4.69, 9.17) is 26.7 Å². The fourth-order valence-corrected chi connectivity index (χ4v) is 5.02. The molecule has 5 N–H and O–H groups in total. The van der Waals surface area contributed by atoms with Crippen LogP contribution >= 0.6 is 11.6 Å². The number of aromatic nitrogens is 2. The zero-order valence-electron chi connectivity index (χ0n) is 20.5. The molecule has 0 radical (unpaired) electrons. The Morgan fingerprint density at radius 2 is 1.94 bits per heavy atom. The predicted octanol–water partition coefficient (Wildman–Crippen LogP) is 4.30. The number of rotatable bonds is 11. The fourth-order valence-electron chi connectivity index (χ4n) is 4.82. The van der Waals surface area contributed by atoms with Gasteiger partial charge in [0.2, 0.25) is 0 Å². The van der Waals surface area contributed by atoms with Crippen molar-refractivity contribution < 1.29 is 14.2 Å². The number of hydrogen-bond donors (Lipinski definition) is 5. The minimum absolute atomic E-state index is 0.205. The maximum atomic E-state index is 12.5. The second-order valence-electron chi connectivity index (χ2n) is 9.84. The lowest BCUT2D eigenvalue weighted by Gasteiger charge is -2.33. The highest BCUT2D eigenvalue weighted by atomic mass is 35.5. The zero-order chi connectivity index (χ0) is 25.4. The van der Waals surface area contributed by atoms with E-state index >= 15 is 0 Å². The van der Waals surface area contributed by atoms with Crippen molar-refractivity contribution in [1.82, 2.24) is 15.3 Å². The van der Waals surface area contributed by atoms with Crippen LogP contribution in [0.5, 0.6) is 0 Å². The zero-order valence-corrected chi connectivity index (χ0v) is 21.2. The molecule has 1 unspecified atom stereocenters. The van der Waals surface area contributed by atoms with Gasteiger partial charge in [-0.1, -0.05) is 17.7 Å². The van der Waals surface area contributed by atoms with Gasteiger partial charge < -0.3 is 31.2 Å². The quantitative estimate of drug-likeness (QED) is 0.282. The number of pyridine rings is 2. The first-order valence-electron chi connectivity index (χ1n) is 12.7. The van der Waals surface area contributed by atoms with Crippen LogP contribution in [0, 0.1) is 10.8 Å². The molecule has 4 rings (SSSR count). The smallest absolute Gasteiger partial charge is 0.126 e. The van der Waals surface area contributed by atoms with Gasteiger partial charge in [-0.25, -0.2) is 14.4 Å². The van der Waals surface area contributed by atoms with Gasteiger partial charge in [-0.2, -0.15) is 0 Å². The number of aliphatic hydroxyl groups excluding tert-OH is 1. The number of anilines is 2. The maximum Gasteiger partial charge on any atom is 0.126 e. The summed E-state index contributed by atoms with van der Waals surface area (Å²) in [6, 6.07) is 8.32. The van der Waals surface area contributed by atoms with E-state index in [-0.39, 0.29) is 11.5 Å². The first-order valence-corrected chi connectivity index (χ1v) is 13.1. The Morgan fingerprint density at radius 1 is 1.19 bits per heavy atom. The lowest BCUT2D eigenvalue weighted by Crippen LogP contribution is -2.40. The Morgan fingerprint density at radius 3 is 2.67 bits per heavy atom. The summed E-state index contributed by atoms with van der Waals surface area (Å²) in [5.74, 6) is 1.50. The molecular formula is C26H36ClFN6O2. The summed E-state index contributed by atoms with van der Waals surface area (Å²) in [4.78, 5) is 9.25. The van der Waals surface area contributed by atoms with Crippen LogP contribution in [-0.4, -0.2) is 72.5 Å². The number of halogens is 2. The Bertz CT molecular complexity index is 998. The van der Waals surface area contributed by atoms with Crippen molar-refractivity contribution in [3.63, 3.8) is 0 Å². The molecule has 8 nitrogen and oxygen atoms in total. The van der Waals surface area contributed by atoms with Crippen LogP contribution in [0.25, 0.3) is 11.3 Å². The Kier molecular flexibility index (Phi) is 9.47. The summed E-state index contributed by atoms with van der Waals surface area (Å²) in [5.41, 5.74) is 1.36. The summed E-state index contributed by atoms with van der Waals surface area (Å²) in [6.45, 7) is 1.56. The average Bonchev–Trinajstić information content (AvgIpc) is 2.93. The van der Waals surface area contributed by atoms with E-state index in [0.29, 0.717) is 37.4 Å². The second kappa shape index (κ2) is 12.8. The molecule has 0 amide bonds. The van der Waals surface area contributed by atoms with E-state index in [9.17, 15) is 9.50 Å². The molecule has 1 aliphatic heterocycles. The van der Waals surface area contributed by atoms with Crippen molar-refractivity contribution >= 4 is 29.5 Å². The van der Waals surface area contributed by atoms with Crippen molar-refractivity contribution in [3.05, 3.63) is 35.5 Å². The molecule has 0 bridgehead atoms. The van der Waals surface area contributed by atoms with Crippen molar-refractivity contribution in [2.45, 2.75) is 56.7 Å². The van der Waals surface area contributed by atoms with Crippen molar-refractivity contribution in [1.29, 1.82) is 5.41 Å². The minimum Gasteiger partial charge on any atom is -0.389 e. The van der Waals surface area contributed by atoms with Crippen LogP contribution in [-0.2, 0) is 4.74 Å². The third-order valence-electron chi connectivity index (χ3n) is 7.20. The maximum absolute atomic E-state index is 12.5. The Balaban J connectivity index is 1.36. The molecule has 2 aliphatic rings. The normalized spacial score (nSPS) is 22.5. The highest BCUT2D eigenvalue weighted by Crippen LogP contribution is 2.31. The van der Waals surface area contributed by atoms with Gasteiger partial charge in [-0.05, 0) is 56.7 Å². The van der Waals surface area contributed by atoms with Crippen molar-refractivity contribution in [2.24, 2.45) is 5.41 Å². The lowest BCUT2D eigenvalue weighted by atomic mass is 9.81. The highest BCUT2D eigenvalue weighted by Gasteiger charge is 2.30. The first-order chi connectivity index (χ1) is 17.5. The summed E-state index contributed by atoms with van der Waals surface area (Å²) in [6.07, 6.45) is 7.74. The molecule has 1 saturated heterocycles. The molecule has 0 aromatic carbocycles. The molecule has 36 heavy (non-hydrogen) atoms. The molecule has 3 heterocycles. The topological polar surface area (TPSA) is 115 Å². The number of nitrogens with one attached hydrogen (secondary N) is 4. The molecule has 10 heteroatoms. The fraction of sp³-hybridized carbons (Fsp3) is 0.577. The Hall–Kier alpha value is -2.33. The van der Waals surface area contributed by atoms with Gasteiger partial charge >= 0.3 is 0 Å². The number of nitrogens with zero attached hydrogens (tertiary/aromatic N) is 2. The second-order valence-corrected chi connectivity index (χ2v) is 10.2. The largest absolute Gasteiger partial charge is 0.389 e. The van der Waals surface area contributed by atoms with Crippen LogP contribution in [0.2, 0.25) is 5.02 Å². The number of ether oxygens (including phenoxy) is 1. The van der Waals surface area contributed by atoms with Crippen LogP contribution in [0.15, 0.2) is 30.5 Å². The van der Waals surface area contributed by atoms with Crippen LogP contribution in [0.3, 0.4) is 0 Å². The van der Waals surface area contributed by atoms with Crippen LogP contribution < -0.4 is 16.0 Å². The van der Waals surface area contributed by atoms with E-state index in [2.05, 4.69) is 20.9 Å². The molecule has 0 spiro atoms. The van der Waals surface area contributed by atoms with E-state index in [1.807, 2.05) is 24.3 Å².